The van der Waals surface area contributed by atoms with Gasteiger partial charge in [-0.25, -0.2) is 9.98 Å². The van der Waals surface area contributed by atoms with Gasteiger partial charge in [0.15, 0.2) is 5.96 Å². The second-order valence-electron chi connectivity index (χ2n) is 6.17. The fourth-order valence-corrected chi connectivity index (χ4v) is 3.57. The lowest BCUT2D eigenvalue weighted by Crippen LogP contribution is -2.44. The van der Waals surface area contributed by atoms with E-state index in [1.807, 2.05) is 24.9 Å². The van der Waals surface area contributed by atoms with Crippen LogP contribution in [-0.2, 0) is 11.3 Å². The zero-order valence-corrected chi connectivity index (χ0v) is 18.5. The van der Waals surface area contributed by atoms with E-state index in [9.17, 15) is 4.79 Å². The van der Waals surface area contributed by atoms with Crippen molar-refractivity contribution in [3.63, 3.8) is 0 Å². The molecular weight excluding hydrogens is 449 g/mol. The summed E-state index contributed by atoms with van der Waals surface area (Å²) in [4.78, 5) is 24.4. The quantitative estimate of drug-likeness (QED) is 0.374. The van der Waals surface area contributed by atoms with Gasteiger partial charge in [0.2, 0.25) is 5.91 Å². The number of aryl methyl sites for hydroxylation is 1. The molecule has 0 saturated carbocycles. The van der Waals surface area contributed by atoms with Crippen molar-refractivity contribution in [1.82, 2.24) is 20.5 Å². The molecule has 6 nitrogen and oxygen atoms in total. The van der Waals surface area contributed by atoms with Gasteiger partial charge < -0.3 is 15.5 Å². The van der Waals surface area contributed by atoms with Crippen LogP contribution in [0, 0.1) is 6.92 Å². The zero-order valence-electron chi connectivity index (χ0n) is 15.4. The molecule has 1 aliphatic rings. The molecule has 2 N–H and O–H groups in total. The van der Waals surface area contributed by atoms with Gasteiger partial charge in [0.05, 0.1) is 6.54 Å². The Balaban J connectivity index is 0.00000312. The van der Waals surface area contributed by atoms with E-state index in [1.54, 1.807) is 11.3 Å². The van der Waals surface area contributed by atoms with Gasteiger partial charge in [0, 0.05) is 43.2 Å². The molecule has 0 spiro atoms. The van der Waals surface area contributed by atoms with Gasteiger partial charge >= 0.3 is 0 Å². The highest BCUT2D eigenvalue weighted by molar-refractivity contribution is 14.0. The van der Waals surface area contributed by atoms with Crippen LogP contribution in [0.2, 0.25) is 0 Å². The van der Waals surface area contributed by atoms with E-state index in [1.165, 1.54) is 11.3 Å². The summed E-state index contributed by atoms with van der Waals surface area (Å²) < 4.78 is 0. The Morgan fingerprint density at radius 1 is 1.44 bits per heavy atom. The molecule has 1 fully saturated rings. The van der Waals surface area contributed by atoms with Gasteiger partial charge in [-0.2, -0.15) is 0 Å². The standard InChI is InChI=1S/C17H29N5OS.HI/c1-4-18-17(21-12-15-20-11-14(3)24-15)19-9-8-16(23)22-10-6-5-7-13(22)2;/h11,13H,4-10,12H2,1-3H3,(H2,18,19,21);1H. The van der Waals surface area contributed by atoms with Crippen LogP contribution < -0.4 is 10.6 Å². The minimum absolute atomic E-state index is 0. The molecule has 1 aromatic rings. The molecule has 1 saturated heterocycles. The lowest BCUT2D eigenvalue weighted by molar-refractivity contribution is -0.134. The van der Waals surface area contributed by atoms with Gasteiger partial charge in [0.1, 0.15) is 5.01 Å². The van der Waals surface area contributed by atoms with Crippen LogP contribution in [0.4, 0.5) is 0 Å². The highest BCUT2D eigenvalue weighted by Crippen LogP contribution is 2.17. The molecule has 0 radical (unpaired) electrons. The van der Waals surface area contributed by atoms with Gasteiger partial charge in [-0.05, 0) is 40.0 Å². The van der Waals surface area contributed by atoms with Crippen LogP contribution in [0.25, 0.3) is 0 Å². The van der Waals surface area contributed by atoms with Crippen LogP contribution in [0.1, 0.15) is 49.4 Å². The van der Waals surface area contributed by atoms with E-state index in [4.69, 9.17) is 0 Å². The van der Waals surface area contributed by atoms with Crippen LogP contribution in [0.3, 0.4) is 0 Å². The third-order valence-electron chi connectivity index (χ3n) is 4.14. The van der Waals surface area contributed by atoms with Crippen molar-refractivity contribution in [2.24, 2.45) is 4.99 Å². The Hall–Kier alpha value is -0.900. The summed E-state index contributed by atoms with van der Waals surface area (Å²) in [6.07, 6.45) is 5.85. The lowest BCUT2D eigenvalue weighted by atomic mass is 10.0. The number of piperidine rings is 1. The minimum atomic E-state index is 0. The molecule has 0 bridgehead atoms. The number of aliphatic imine (C=N–C) groups is 1. The van der Waals surface area contributed by atoms with E-state index >= 15 is 0 Å². The highest BCUT2D eigenvalue weighted by atomic mass is 127. The van der Waals surface area contributed by atoms with Crippen molar-refractivity contribution in [3.05, 3.63) is 16.1 Å². The first-order valence-corrected chi connectivity index (χ1v) is 9.64. The second-order valence-corrected chi connectivity index (χ2v) is 7.49. The van der Waals surface area contributed by atoms with Crippen LogP contribution in [0.15, 0.2) is 11.2 Å². The van der Waals surface area contributed by atoms with E-state index in [2.05, 4.69) is 27.5 Å². The number of carbonyl (C=O) groups is 1. The molecule has 8 heteroatoms. The van der Waals surface area contributed by atoms with Gasteiger partial charge in [0.25, 0.3) is 0 Å². The monoisotopic (exact) mass is 479 g/mol. The van der Waals surface area contributed by atoms with Crippen molar-refractivity contribution < 1.29 is 4.79 Å². The van der Waals surface area contributed by atoms with Crippen LogP contribution >= 0.6 is 35.3 Å². The maximum atomic E-state index is 12.3. The summed E-state index contributed by atoms with van der Waals surface area (Å²) >= 11 is 1.66. The van der Waals surface area contributed by atoms with Gasteiger partial charge in [-0.1, -0.05) is 0 Å². The largest absolute Gasteiger partial charge is 0.357 e. The number of hydrogen-bond donors (Lipinski definition) is 2. The molecule has 1 atom stereocenters. The fraction of sp³-hybridized carbons (Fsp3) is 0.706. The average Bonchev–Trinajstić information content (AvgIpc) is 2.98. The first-order valence-electron chi connectivity index (χ1n) is 8.83. The average molecular weight is 479 g/mol. The number of amides is 1. The number of thiazole rings is 1. The number of nitrogens with zero attached hydrogens (tertiary/aromatic N) is 3. The van der Waals surface area contributed by atoms with Crippen molar-refractivity contribution >= 4 is 47.2 Å². The molecule has 2 rings (SSSR count). The third kappa shape index (κ3) is 7.47. The summed E-state index contributed by atoms with van der Waals surface area (Å²) in [6.45, 7) is 9.08. The molecule has 1 unspecified atom stereocenters. The number of rotatable bonds is 6. The summed E-state index contributed by atoms with van der Waals surface area (Å²) in [6, 6.07) is 0.376. The predicted molar refractivity (Wildman–Crippen MR) is 115 cm³/mol. The molecule has 142 valence electrons. The van der Waals surface area contributed by atoms with Gasteiger partial charge in [-0.3, -0.25) is 4.79 Å². The summed E-state index contributed by atoms with van der Waals surface area (Å²) in [5.41, 5.74) is 0. The molecule has 1 amide bonds. The number of likely N-dealkylation sites (tertiary alicyclic amines) is 1. The number of halogens is 1. The third-order valence-corrected chi connectivity index (χ3v) is 5.04. The number of aromatic nitrogens is 1. The number of carbonyl (C=O) groups excluding carboxylic acids is 1. The Bertz CT molecular complexity index is 563. The Labute approximate surface area is 171 Å². The molecular formula is C17H30IN5OS. The summed E-state index contributed by atoms with van der Waals surface area (Å²) in [7, 11) is 0. The van der Waals surface area contributed by atoms with Crippen molar-refractivity contribution in [1.29, 1.82) is 0 Å². The lowest BCUT2D eigenvalue weighted by Gasteiger charge is -2.33. The molecule has 25 heavy (non-hydrogen) atoms. The van der Waals surface area contributed by atoms with E-state index in [0.717, 1.165) is 36.9 Å². The normalized spacial score (nSPS) is 17.8. The molecule has 1 aromatic heterocycles. The highest BCUT2D eigenvalue weighted by Gasteiger charge is 2.22. The maximum absolute atomic E-state index is 12.3. The van der Waals surface area contributed by atoms with Crippen LogP contribution in [-0.4, -0.2) is 47.4 Å². The molecule has 2 heterocycles. The second kappa shape index (κ2) is 11.7. The maximum Gasteiger partial charge on any atom is 0.224 e. The van der Waals surface area contributed by atoms with E-state index < -0.39 is 0 Å². The topological polar surface area (TPSA) is 69.6 Å². The van der Waals surface area contributed by atoms with Crippen LogP contribution in [0.5, 0.6) is 0 Å². The SMILES string of the molecule is CCNC(=NCc1ncc(C)s1)NCCC(=O)N1CCCCC1C.I. The Morgan fingerprint density at radius 2 is 2.24 bits per heavy atom. The summed E-state index contributed by atoms with van der Waals surface area (Å²) in [5, 5.41) is 7.47. The van der Waals surface area contributed by atoms with E-state index in [-0.39, 0.29) is 29.9 Å². The van der Waals surface area contributed by atoms with Crippen molar-refractivity contribution in [3.8, 4) is 0 Å². The predicted octanol–water partition coefficient (Wildman–Crippen LogP) is 2.92. The number of nitrogens with one attached hydrogen (secondary N) is 2. The Morgan fingerprint density at radius 3 is 2.88 bits per heavy atom. The molecule has 1 aliphatic heterocycles. The smallest absolute Gasteiger partial charge is 0.224 e. The molecule has 0 aliphatic carbocycles. The van der Waals surface area contributed by atoms with E-state index in [0.29, 0.717) is 25.6 Å². The Kier molecular flexibility index (Phi) is 10.3. The first kappa shape index (κ1) is 22.1. The van der Waals surface area contributed by atoms with Crippen molar-refractivity contribution in [2.45, 2.75) is 59.0 Å². The first-order chi connectivity index (χ1) is 11.6. The fourth-order valence-electron chi connectivity index (χ4n) is 2.86. The zero-order chi connectivity index (χ0) is 17.4. The van der Waals surface area contributed by atoms with Gasteiger partial charge in [-0.15, -0.1) is 35.3 Å². The number of guanidine groups is 1. The minimum Gasteiger partial charge on any atom is -0.357 e. The van der Waals surface area contributed by atoms with Crippen molar-refractivity contribution in [2.75, 3.05) is 19.6 Å². The number of hydrogen-bond acceptors (Lipinski definition) is 4. The summed E-state index contributed by atoms with van der Waals surface area (Å²) in [5.74, 6) is 0.978. The molecule has 0 aromatic carbocycles.